The van der Waals surface area contributed by atoms with Crippen molar-refractivity contribution in [1.29, 1.82) is 0 Å². The monoisotopic (exact) mass is 528 g/mol. The van der Waals surface area contributed by atoms with Crippen LogP contribution in [0.15, 0.2) is 53.1 Å². The van der Waals surface area contributed by atoms with Crippen molar-refractivity contribution in [2.45, 2.75) is 32.0 Å². The van der Waals surface area contributed by atoms with E-state index >= 15 is 0 Å². The van der Waals surface area contributed by atoms with E-state index in [4.69, 9.17) is 27.6 Å². The highest BCUT2D eigenvalue weighted by Crippen LogP contribution is 2.34. The highest BCUT2D eigenvalue weighted by Gasteiger charge is 2.29. The first kappa shape index (κ1) is 26.3. The van der Waals surface area contributed by atoms with Gasteiger partial charge in [0.1, 0.15) is 29.3 Å². The average molecular weight is 529 g/mol. The first-order valence-electron chi connectivity index (χ1n) is 11.2. The molecule has 0 radical (unpaired) electrons. The molecule has 4 aromatic rings. The van der Waals surface area contributed by atoms with Gasteiger partial charge in [-0.3, -0.25) is 10.1 Å². The van der Waals surface area contributed by atoms with Crippen molar-refractivity contribution in [1.82, 2.24) is 14.9 Å². The Hall–Kier alpha value is -3.77. The van der Waals surface area contributed by atoms with E-state index in [-0.39, 0.29) is 41.2 Å². The van der Waals surface area contributed by atoms with Gasteiger partial charge in [-0.1, -0.05) is 41.0 Å². The molecule has 12 heteroatoms. The molecule has 4 rings (SSSR count). The molecule has 0 aliphatic carbocycles. The van der Waals surface area contributed by atoms with Crippen LogP contribution in [0.4, 0.5) is 16.1 Å². The van der Waals surface area contributed by atoms with Gasteiger partial charge in [0, 0.05) is 17.2 Å². The number of nitrogen functional groups attached to an aromatic ring is 1. The maximum absolute atomic E-state index is 13.3. The van der Waals surface area contributed by atoms with E-state index in [1.807, 2.05) is 0 Å². The Labute approximate surface area is 216 Å². The highest BCUT2D eigenvalue weighted by atomic mass is 35.5. The van der Waals surface area contributed by atoms with Crippen molar-refractivity contribution in [2.24, 2.45) is 5.73 Å². The molecule has 2 aromatic heterocycles. The van der Waals surface area contributed by atoms with Crippen LogP contribution < -0.4 is 16.8 Å². The molecule has 0 aliphatic rings. The number of anilines is 2. The average Bonchev–Trinajstić information content (AvgIpc) is 3.44. The zero-order valence-electron chi connectivity index (χ0n) is 20.1. The summed E-state index contributed by atoms with van der Waals surface area (Å²) in [5.41, 5.74) is 13.9. The third-order valence-corrected chi connectivity index (χ3v) is 6.10. The summed E-state index contributed by atoms with van der Waals surface area (Å²) < 4.78 is 19.9. The Morgan fingerprint density at radius 3 is 2.57 bits per heavy atom. The molecule has 1 atom stereocenters. The van der Waals surface area contributed by atoms with E-state index in [1.54, 1.807) is 38.1 Å². The topological polar surface area (TPSA) is 165 Å². The van der Waals surface area contributed by atoms with Gasteiger partial charge in [-0.05, 0) is 37.6 Å². The number of carbonyl (C=O) groups is 1. The zero-order valence-corrected chi connectivity index (χ0v) is 20.8. The van der Waals surface area contributed by atoms with E-state index < -0.39 is 17.6 Å². The van der Waals surface area contributed by atoms with E-state index in [1.165, 1.54) is 22.9 Å². The molecule has 37 heavy (non-hydrogen) atoms. The molecule has 2 aromatic carbocycles. The summed E-state index contributed by atoms with van der Waals surface area (Å²) in [7, 11) is 0. The maximum Gasteiger partial charge on any atom is 0.231 e. The molecular weight excluding hydrogens is 503 g/mol. The second-order valence-corrected chi connectivity index (χ2v) is 9.50. The number of nitrogens with two attached hydrogens (primary N) is 2. The van der Waals surface area contributed by atoms with Gasteiger partial charge >= 0.3 is 0 Å². The number of benzene rings is 2. The molecule has 7 N–H and O–H groups in total. The number of carbonyl (C=O) groups excluding carboxylic acids is 1. The van der Waals surface area contributed by atoms with Crippen LogP contribution in [0.5, 0.6) is 0 Å². The molecule has 0 saturated carbocycles. The van der Waals surface area contributed by atoms with Crippen molar-refractivity contribution in [2.75, 3.05) is 17.7 Å². The van der Waals surface area contributed by atoms with E-state index in [9.17, 15) is 19.4 Å². The van der Waals surface area contributed by atoms with Gasteiger partial charge < -0.3 is 26.2 Å². The number of nitrogens with one attached hydrogen (secondary N) is 1. The lowest BCUT2D eigenvalue weighted by atomic mass is 10.0. The van der Waals surface area contributed by atoms with Crippen LogP contribution in [0.25, 0.3) is 22.5 Å². The summed E-state index contributed by atoms with van der Waals surface area (Å²) in [6.07, 6.45) is -1.34. The predicted molar refractivity (Wildman–Crippen MR) is 137 cm³/mol. The minimum atomic E-state index is -1.37. The first-order chi connectivity index (χ1) is 17.5. The van der Waals surface area contributed by atoms with Crippen molar-refractivity contribution in [3.63, 3.8) is 0 Å². The van der Waals surface area contributed by atoms with Crippen LogP contribution in [-0.4, -0.2) is 37.7 Å². The van der Waals surface area contributed by atoms with Crippen molar-refractivity contribution < 1.29 is 23.9 Å². The number of rotatable bonds is 8. The Morgan fingerprint density at radius 2 is 1.95 bits per heavy atom. The van der Waals surface area contributed by atoms with E-state index in [2.05, 4.69) is 15.6 Å². The summed E-state index contributed by atoms with van der Waals surface area (Å²) in [6, 6.07) is 12.3. The molecule has 10 nitrogen and oxygen atoms in total. The molecule has 2 heterocycles. The molecule has 194 valence electrons. The van der Waals surface area contributed by atoms with Crippen LogP contribution in [0.3, 0.4) is 0 Å². The smallest absolute Gasteiger partial charge is 0.231 e. The molecule has 1 amide bonds. The summed E-state index contributed by atoms with van der Waals surface area (Å²) in [5.74, 6) is -0.554. The number of nitrogens with zero attached hydrogens (tertiary/aromatic N) is 3. The molecular formula is C25H26ClFN6O4. The molecule has 0 saturated heterocycles. The lowest BCUT2D eigenvalue weighted by Gasteiger charge is -2.24. The lowest BCUT2D eigenvalue weighted by Crippen LogP contribution is -2.32. The maximum atomic E-state index is 13.3. The fourth-order valence-electron chi connectivity index (χ4n) is 3.78. The summed E-state index contributed by atoms with van der Waals surface area (Å²) in [6.45, 7) is 3.27. The summed E-state index contributed by atoms with van der Waals surface area (Å²) in [4.78, 5) is 12.5. The first-order valence-corrected chi connectivity index (χ1v) is 11.6. The second-order valence-electron chi connectivity index (χ2n) is 9.10. The lowest BCUT2D eigenvalue weighted by molar-refractivity contribution is -0.115. The molecule has 1 unspecified atom stereocenters. The van der Waals surface area contributed by atoms with Crippen LogP contribution in [-0.2, 0) is 16.8 Å². The summed E-state index contributed by atoms with van der Waals surface area (Å²) in [5, 5.41) is 31.0. The Kier molecular flexibility index (Phi) is 7.32. The third kappa shape index (κ3) is 5.49. The Balaban J connectivity index is 1.48. The second kappa shape index (κ2) is 10.3. The SMILES string of the molecule is CC(C)(CO)n1nc(-c2ccc(CC(=O)Nc3cc(-c4ccc(F)cc4Cl)no3)cc2)c(C(N)O)c1N. The van der Waals surface area contributed by atoms with Crippen LogP contribution in [0, 0.1) is 5.82 Å². The van der Waals surface area contributed by atoms with E-state index in [0.29, 0.717) is 28.1 Å². The molecule has 0 aliphatic heterocycles. The van der Waals surface area contributed by atoms with Gasteiger partial charge in [-0.25, -0.2) is 9.07 Å². The van der Waals surface area contributed by atoms with Gasteiger partial charge in [-0.15, -0.1) is 0 Å². The normalized spacial score (nSPS) is 12.5. The standard InChI is InChI=1S/C25H26ClFN6O4/c1-25(2,12-34)33-23(28)21(24(29)36)22(31-33)14-5-3-13(4-6-14)9-19(35)30-20-11-18(32-37-20)16-8-7-15(27)10-17(16)26/h3-8,10-11,24,34,36H,9,12,28-29H2,1-2H3,(H,30,35). The van der Waals surface area contributed by atoms with Crippen molar-refractivity contribution >= 4 is 29.2 Å². The molecule has 0 fully saturated rings. The van der Waals surface area contributed by atoms with Gasteiger partial charge in [-0.2, -0.15) is 5.10 Å². The minimum absolute atomic E-state index is 0.0358. The van der Waals surface area contributed by atoms with Gasteiger partial charge in [0.15, 0.2) is 0 Å². The Bertz CT molecular complexity index is 1430. The van der Waals surface area contributed by atoms with Crippen LogP contribution in [0.2, 0.25) is 5.02 Å². The number of aliphatic hydroxyl groups excluding tert-OH is 2. The highest BCUT2D eigenvalue weighted by molar-refractivity contribution is 6.33. The van der Waals surface area contributed by atoms with Crippen molar-refractivity contribution in [3.8, 4) is 22.5 Å². The van der Waals surface area contributed by atoms with Gasteiger partial charge in [0.2, 0.25) is 11.8 Å². The quantitative estimate of drug-likeness (QED) is 0.217. The minimum Gasteiger partial charge on any atom is -0.394 e. The van der Waals surface area contributed by atoms with Crippen LogP contribution >= 0.6 is 11.6 Å². The zero-order chi connectivity index (χ0) is 26.9. The molecule has 0 spiro atoms. The number of aromatic nitrogens is 3. The fraction of sp³-hybridized carbons (Fsp3) is 0.240. The van der Waals surface area contributed by atoms with Crippen molar-refractivity contribution in [3.05, 3.63) is 70.5 Å². The number of hydrogen-bond donors (Lipinski definition) is 5. The Morgan fingerprint density at radius 1 is 1.24 bits per heavy atom. The molecule has 0 bridgehead atoms. The van der Waals surface area contributed by atoms with Gasteiger partial charge in [0.25, 0.3) is 0 Å². The van der Waals surface area contributed by atoms with Crippen LogP contribution in [0.1, 0.15) is 31.2 Å². The number of hydrogen-bond acceptors (Lipinski definition) is 8. The summed E-state index contributed by atoms with van der Waals surface area (Å²) >= 11 is 6.06. The number of aliphatic hydroxyl groups is 2. The number of halogens is 2. The third-order valence-electron chi connectivity index (χ3n) is 5.79. The number of amides is 1. The van der Waals surface area contributed by atoms with E-state index in [0.717, 1.165) is 6.07 Å². The predicted octanol–water partition coefficient (Wildman–Crippen LogP) is 3.44. The van der Waals surface area contributed by atoms with Gasteiger partial charge in [0.05, 0.1) is 29.2 Å². The fourth-order valence-corrected chi connectivity index (χ4v) is 4.05. The largest absolute Gasteiger partial charge is 0.394 e.